The van der Waals surface area contributed by atoms with Crippen LogP contribution in [-0.2, 0) is 11.3 Å². The molecule has 1 amide bonds. The largest absolute Gasteiger partial charge is 0.383 e. The maximum atomic E-state index is 13.0. The maximum absolute atomic E-state index is 13.0. The number of rotatable bonds is 5. The smallest absolute Gasteiger partial charge is 0.253 e. The van der Waals surface area contributed by atoms with Crippen LogP contribution in [-0.4, -0.2) is 52.1 Å². The second-order valence-corrected chi connectivity index (χ2v) is 6.84. The number of aromatic amines is 1. The summed E-state index contributed by atoms with van der Waals surface area (Å²) in [6.45, 7) is 2.97. The first-order chi connectivity index (χ1) is 12.8. The number of amides is 1. The van der Waals surface area contributed by atoms with Crippen LogP contribution in [0.25, 0.3) is 10.9 Å². The Hall–Kier alpha value is -2.60. The standard InChI is InChI=1S/C20H24N4O2/c1-26-12-11-23-10-8-22-19(23)17-3-2-9-24(14-17)20(25)16-5-4-15-6-7-21-18(15)13-16/h4-8,10,13,17,21H,2-3,9,11-12,14H2,1H3/t17-/m0/s1. The van der Waals surface area contributed by atoms with Gasteiger partial charge in [0.05, 0.1) is 6.61 Å². The Morgan fingerprint density at radius 3 is 3.19 bits per heavy atom. The minimum absolute atomic E-state index is 0.0983. The summed E-state index contributed by atoms with van der Waals surface area (Å²) in [5.41, 5.74) is 1.74. The van der Waals surface area contributed by atoms with E-state index in [4.69, 9.17) is 4.74 Å². The fourth-order valence-corrected chi connectivity index (χ4v) is 3.80. The molecule has 3 aromatic rings. The van der Waals surface area contributed by atoms with Gasteiger partial charge < -0.3 is 19.2 Å². The van der Waals surface area contributed by atoms with Gasteiger partial charge in [-0.25, -0.2) is 4.98 Å². The average molecular weight is 352 g/mol. The van der Waals surface area contributed by atoms with Gasteiger partial charge in [-0.05, 0) is 36.4 Å². The lowest BCUT2D eigenvalue weighted by molar-refractivity contribution is 0.0702. The lowest BCUT2D eigenvalue weighted by Gasteiger charge is -2.32. The van der Waals surface area contributed by atoms with Crippen LogP contribution in [0.5, 0.6) is 0 Å². The van der Waals surface area contributed by atoms with Gasteiger partial charge in [-0.1, -0.05) is 6.07 Å². The van der Waals surface area contributed by atoms with Gasteiger partial charge in [-0.3, -0.25) is 4.79 Å². The van der Waals surface area contributed by atoms with Crippen LogP contribution < -0.4 is 0 Å². The molecule has 0 saturated carbocycles. The van der Waals surface area contributed by atoms with Gasteiger partial charge in [0.15, 0.2) is 0 Å². The summed E-state index contributed by atoms with van der Waals surface area (Å²) < 4.78 is 7.33. The van der Waals surface area contributed by atoms with E-state index < -0.39 is 0 Å². The molecule has 2 aromatic heterocycles. The van der Waals surface area contributed by atoms with E-state index in [2.05, 4.69) is 14.5 Å². The van der Waals surface area contributed by atoms with Crippen molar-refractivity contribution in [3.05, 3.63) is 54.2 Å². The van der Waals surface area contributed by atoms with Crippen molar-refractivity contribution in [3.63, 3.8) is 0 Å². The van der Waals surface area contributed by atoms with Crippen LogP contribution in [0.3, 0.4) is 0 Å². The van der Waals surface area contributed by atoms with Crippen molar-refractivity contribution < 1.29 is 9.53 Å². The lowest BCUT2D eigenvalue weighted by Crippen LogP contribution is -2.39. The molecular formula is C20H24N4O2. The average Bonchev–Trinajstić information content (AvgIpc) is 3.34. The molecule has 3 heterocycles. The zero-order chi connectivity index (χ0) is 17.9. The normalized spacial score (nSPS) is 17.7. The number of hydrogen-bond acceptors (Lipinski definition) is 3. The Morgan fingerprint density at radius 2 is 2.31 bits per heavy atom. The highest BCUT2D eigenvalue weighted by Gasteiger charge is 2.28. The van der Waals surface area contributed by atoms with Crippen LogP contribution in [0, 0.1) is 0 Å². The van der Waals surface area contributed by atoms with Crippen molar-refractivity contribution in [2.45, 2.75) is 25.3 Å². The Bertz CT molecular complexity index is 898. The maximum Gasteiger partial charge on any atom is 0.253 e. The van der Waals surface area contributed by atoms with Gasteiger partial charge in [0.25, 0.3) is 5.91 Å². The third kappa shape index (κ3) is 3.24. The number of piperidine rings is 1. The highest BCUT2D eigenvalue weighted by molar-refractivity contribution is 5.98. The van der Waals surface area contributed by atoms with Crippen molar-refractivity contribution in [2.75, 3.05) is 26.8 Å². The van der Waals surface area contributed by atoms with Crippen molar-refractivity contribution in [2.24, 2.45) is 0 Å². The second kappa shape index (κ2) is 7.33. The number of nitrogens with one attached hydrogen (secondary N) is 1. The number of imidazole rings is 1. The van der Waals surface area contributed by atoms with Crippen molar-refractivity contribution in [3.8, 4) is 0 Å². The van der Waals surface area contributed by atoms with E-state index in [0.717, 1.165) is 48.2 Å². The molecule has 26 heavy (non-hydrogen) atoms. The van der Waals surface area contributed by atoms with Crippen LogP contribution in [0.15, 0.2) is 42.9 Å². The Labute approximate surface area is 152 Å². The van der Waals surface area contributed by atoms with Gasteiger partial charge in [0.2, 0.25) is 0 Å². The molecule has 0 aliphatic carbocycles. The number of hydrogen-bond donors (Lipinski definition) is 1. The van der Waals surface area contributed by atoms with Crippen LogP contribution >= 0.6 is 0 Å². The first-order valence-electron chi connectivity index (χ1n) is 9.12. The quantitative estimate of drug-likeness (QED) is 0.768. The fraction of sp³-hybridized carbons (Fsp3) is 0.400. The number of benzene rings is 1. The summed E-state index contributed by atoms with van der Waals surface area (Å²) in [4.78, 5) is 22.7. The molecule has 1 N–H and O–H groups in total. The number of ether oxygens (including phenoxy) is 1. The monoisotopic (exact) mass is 352 g/mol. The van der Waals surface area contributed by atoms with Crippen molar-refractivity contribution in [1.82, 2.24) is 19.4 Å². The minimum Gasteiger partial charge on any atom is -0.383 e. The van der Waals surface area contributed by atoms with Gasteiger partial charge >= 0.3 is 0 Å². The SMILES string of the molecule is COCCn1ccnc1[C@H]1CCCN(C(=O)c2ccc3cc[nH]c3c2)C1. The van der Waals surface area contributed by atoms with E-state index in [0.29, 0.717) is 13.2 Å². The number of methoxy groups -OCH3 is 1. The molecule has 0 bridgehead atoms. The molecule has 6 nitrogen and oxygen atoms in total. The minimum atomic E-state index is 0.0983. The van der Waals surface area contributed by atoms with Gasteiger partial charge in [-0.2, -0.15) is 0 Å². The fourth-order valence-electron chi connectivity index (χ4n) is 3.80. The summed E-state index contributed by atoms with van der Waals surface area (Å²) in [6, 6.07) is 7.88. The van der Waals surface area contributed by atoms with Crippen molar-refractivity contribution in [1.29, 1.82) is 0 Å². The number of aromatic nitrogens is 3. The van der Waals surface area contributed by atoms with Crippen LogP contribution in [0.4, 0.5) is 0 Å². The first kappa shape index (κ1) is 16.8. The molecule has 1 atom stereocenters. The number of nitrogens with zero attached hydrogens (tertiary/aromatic N) is 3. The Morgan fingerprint density at radius 1 is 1.38 bits per heavy atom. The molecule has 4 rings (SSSR count). The second-order valence-electron chi connectivity index (χ2n) is 6.84. The number of fused-ring (bicyclic) bond motifs is 1. The molecule has 1 saturated heterocycles. The molecule has 1 aliphatic rings. The van der Waals surface area contributed by atoms with E-state index in [1.807, 2.05) is 47.8 Å². The van der Waals surface area contributed by atoms with E-state index in [-0.39, 0.29) is 11.8 Å². The molecule has 1 aromatic carbocycles. The van der Waals surface area contributed by atoms with E-state index >= 15 is 0 Å². The van der Waals surface area contributed by atoms with Crippen LogP contribution in [0.2, 0.25) is 0 Å². The summed E-state index contributed by atoms with van der Waals surface area (Å²) >= 11 is 0. The van der Waals surface area contributed by atoms with Crippen LogP contribution in [0.1, 0.15) is 34.9 Å². The van der Waals surface area contributed by atoms with Gasteiger partial charge in [-0.15, -0.1) is 0 Å². The van der Waals surface area contributed by atoms with E-state index in [1.165, 1.54) is 0 Å². The van der Waals surface area contributed by atoms with E-state index in [9.17, 15) is 4.79 Å². The topological polar surface area (TPSA) is 63.1 Å². The zero-order valence-corrected chi connectivity index (χ0v) is 15.0. The van der Waals surface area contributed by atoms with Gasteiger partial charge in [0.1, 0.15) is 5.82 Å². The number of likely N-dealkylation sites (tertiary alicyclic amines) is 1. The first-order valence-corrected chi connectivity index (χ1v) is 9.12. The molecule has 6 heteroatoms. The molecule has 0 spiro atoms. The highest BCUT2D eigenvalue weighted by Crippen LogP contribution is 2.27. The number of carbonyl (C=O) groups excluding carboxylic acids is 1. The number of H-pyrrole nitrogens is 1. The zero-order valence-electron chi connectivity index (χ0n) is 15.0. The van der Waals surface area contributed by atoms with Gasteiger partial charge in [0, 0.05) is 62.3 Å². The molecule has 0 unspecified atom stereocenters. The lowest BCUT2D eigenvalue weighted by atomic mass is 9.96. The molecular weight excluding hydrogens is 328 g/mol. The third-order valence-electron chi connectivity index (χ3n) is 5.16. The summed E-state index contributed by atoms with van der Waals surface area (Å²) in [5.74, 6) is 1.43. The molecule has 1 fully saturated rings. The predicted molar refractivity (Wildman–Crippen MR) is 100 cm³/mol. The molecule has 0 radical (unpaired) electrons. The van der Waals surface area contributed by atoms with E-state index in [1.54, 1.807) is 7.11 Å². The Kier molecular flexibility index (Phi) is 4.75. The Balaban J connectivity index is 1.51. The summed E-state index contributed by atoms with van der Waals surface area (Å²) in [5, 5.41) is 1.12. The predicted octanol–water partition coefficient (Wildman–Crippen LogP) is 3.03. The molecule has 136 valence electrons. The summed E-state index contributed by atoms with van der Waals surface area (Å²) in [6.07, 6.45) is 7.79. The third-order valence-corrected chi connectivity index (χ3v) is 5.16. The molecule has 1 aliphatic heterocycles. The van der Waals surface area contributed by atoms with Crippen molar-refractivity contribution >= 4 is 16.8 Å². The summed E-state index contributed by atoms with van der Waals surface area (Å²) in [7, 11) is 1.71. The number of carbonyl (C=O) groups is 1. The highest BCUT2D eigenvalue weighted by atomic mass is 16.5.